The first kappa shape index (κ1) is 31.4. The molecule has 2 saturated heterocycles. The van der Waals surface area contributed by atoms with E-state index in [2.05, 4.69) is 0 Å². The molecular formula is C28H30O16. The lowest BCUT2D eigenvalue weighted by Gasteiger charge is -2.41. The molecule has 238 valence electrons. The molecule has 0 radical (unpaired) electrons. The molecule has 2 aromatic carbocycles. The van der Waals surface area contributed by atoms with Gasteiger partial charge >= 0.3 is 5.97 Å². The summed E-state index contributed by atoms with van der Waals surface area (Å²) in [5, 5.41) is 80.6. The first-order chi connectivity index (χ1) is 20.9. The minimum absolute atomic E-state index is 0.125. The van der Waals surface area contributed by atoms with Gasteiger partial charge in [-0.2, -0.15) is 0 Å². The predicted octanol–water partition coefficient (Wildman–Crippen LogP) is -1.56. The number of aliphatic hydroxyl groups is 6. The minimum atomic E-state index is -1.80. The van der Waals surface area contributed by atoms with Gasteiger partial charge in [-0.05, 0) is 24.3 Å². The van der Waals surface area contributed by atoms with Gasteiger partial charge in [0.2, 0.25) is 23.8 Å². The number of fused-ring (bicyclic) bond motifs is 1. The van der Waals surface area contributed by atoms with Crippen LogP contribution in [0.5, 0.6) is 23.0 Å². The van der Waals surface area contributed by atoms with Crippen LogP contribution in [0.25, 0.3) is 22.3 Å². The van der Waals surface area contributed by atoms with Crippen molar-refractivity contribution in [2.75, 3.05) is 13.2 Å². The highest BCUT2D eigenvalue weighted by Gasteiger charge is 2.48. The molecule has 1 aromatic heterocycles. The van der Waals surface area contributed by atoms with Crippen LogP contribution in [0, 0.1) is 0 Å². The van der Waals surface area contributed by atoms with Gasteiger partial charge < -0.3 is 69.0 Å². The number of esters is 1. The van der Waals surface area contributed by atoms with Gasteiger partial charge in [0.25, 0.3) is 0 Å². The van der Waals surface area contributed by atoms with Crippen LogP contribution in [0.15, 0.2) is 45.6 Å². The number of carbonyl (C=O) groups excluding carboxylic acids is 1. The molecule has 0 saturated carbocycles. The Morgan fingerprint density at radius 1 is 0.932 bits per heavy atom. The highest BCUT2D eigenvalue weighted by Crippen LogP contribution is 2.38. The number of aliphatic hydroxyl groups excluding tert-OH is 6. The smallest absolute Gasteiger partial charge is 0.303 e. The van der Waals surface area contributed by atoms with Crippen molar-refractivity contribution in [3.8, 4) is 34.3 Å². The summed E-state index contributed by atoms with van der Waals surface area (Å²) >= 11 is 0. The number of hydrogen-bond acceptors (Lipinski definition) is 16. The molecule has 9 atom stereocenters. The van der Waals surface area contributed by atoms with Crippen molar-refractivity contribution in [3.05, 3.63) is 46.6 Å². The van der Waals surface area contributed by atoms with Crippen LogP contribution in [0.4, 0.5) is 0 Å². The zero-order valence-corrected chi connectivity index (χ0v) is 22.9. The van der Waals surface area contributed by atoms with Gasteiger partial charge in [0.05, 0.1) is 13.2 Å². The summed E-state index contributed by atoms with van der Waals surface area (Å²) in [6, 6.07) is 7.47. The maximum absolute atomic E-state index is 13.9. The second kappa shape index (κ2) is 12.5. The lowest BCUT2D eigenvalue weighted by molar-refractivity contribution is -0.282. The molecule has 0 spiro atoms. The Labute approximate surface area is 247 Å². The molecule has 0 aliphatic carbocycles. The Balaban J connectivity index is 1.60. The molecule has 3 heterocycles. The summed E-state index contributed by atoms with van der Waals surface area (Å²) in [4.78, 5) is 25.6. The Morgan fingerprint density at radius 3 is 2.30 bits per heavy atom. The summed E-state index contributed by atoms with van der Waals surface area (Å²) in [7, 11) is 0. The molecule has 2 aliphatic heterocycles. The molecule has 8 N–H and O–H groups in total. The first-order valence-corrected chi connectivity index (χ1v) is 13.3. The zero-order chi connectivity index (χ0) is 31.9. The summed E-state index contributed by atoms with van der Waals surface area (Å²) in [5.41, 5.74) is -1.06. The Morgan fingerprint density at radius 2 is 1.64 bits per heavy atom. The number of ether oxygens (including phenoxy) is 5. The Hall–Kier alpha value is -4.00. The molecule has 0 bridgehead atoms. The van der Waals surface area contributed by atoms with E-state index in [-0.39, 0.29) is 35.0 Å². The van der Waals surface area contributed by atoms with Crippen molar-refractivity contribution in [2.45, 2.75) is 62.2 Å². The van der Waals surface area contributed by atoms with Crippen molar-refractivity contribution in [1.82, 2.24) is 0 Å². The van der Waals surface area contributed by atoms with Crippen LogP contribution in [-0.4, -0.2) is 115 Å². The van der Waals surface area contributed by atoms with E-state index in [0.29, 0.717) is 0 Å². The fourth-order valence-corrected chi connectivity index (χ4v) is 4.84. The van der Waals surface area contributed by atoms with Crippen molar-refractivity contribution in [2.24, 2.45) is 0 Å². The molecule has 0 amide bonds. The number of rotatable bonds is 7. The van der Waals surface area contributed by atoms with Crippen LogP contribution >= 0.6 is 0 Å². The highest BCUT2D eigenvalue weighted by molar-refractivity contribution is 5.88. The van der Waals surface area contributed by atoms with E-state index in [9.17, 15) is 50.4 Å². The summed E-state index contributed by atoms with van der Waals surface area (Å²) in [6.07, 6.45) is -14.4. The number of hydrogen-bond donors (Lipinski definition) is 8. The van der Waals surface area contributed by atoms with Crippen LogP contribution in [0.2, 0.25) is 0 Å². The lowest BCUT2D eigenvalue weighted by atomic mass is 9.99. The fraction of sp³-hybridized carbons (Fsp3) is 0.429. The third-order valence-electron chi connectivity index (χ3n) is 7.10. The number of phenols is 2. The van der Waals surface area contributed by atoms with Crippen molar-refractivity contribution < 1.29 is 73.7 Å². The molecule has 0 unspecified atom stereocenters. The summed E-state index contributed by atoms with van der Waals surface area (Å²) in [5.74, 6) is -2.73. The van der Waals surface area contributed by atoms with E-state index >= 15 is 0 Å². The molecular weight excluding hydrogens is 592 g/mol. The third kappa shape index (κ3) is 6.01. The van der Waals surface area contributed by atoms with E-state index in [1.54, 1.807) is 0 Å². The van der Waals surface area contributed by atoms with Gasteiger partial charge in [0.1, 0.15) is 64.8 Å². The van der Waals surface area contributed by atoms with Gasteiger partial charge in [-0.1, -0.05) is 0 Å². The van der Waals surface area contributed by atoms with Gasteiger partial charge in [-0.25, -0.2) is 0 Å². The fourth-order valence-electron chi connectivity index (χ4n) is 4.84. The third-order valence-corrected chi connectivity index (χ3v) is 7.10. The molecule has 3 aromatic rings. The van der Waals surface area contributed by atoms with E-state index in [1.165, 1.54) is 30.3 Å². The topological polar surface area (TPSA) is 255 Å². The average Bonchev–Trinajstić information content (AvgIpc) is 2.98. The Bertz CT molecular complexity index is 1550. The highest BCUT2D eigenvalue weighted by atomic mass is 16.7. The molecule has 16 heteroatoms. The van der Waals surface area contributed by atoms with Crippen LogP contribution in [0.1, 0.15) is 6.92 Å². The largest absolute Gasteiger partial charge is 0.508 e. The van der Waals surface area contributed by atoms with Crippen molar-refractivity contribution in [1.29, 1.82) is 0 Å². The normalized spacial score (nSPS) is 30.6. The van der Waals surface area contributed by atoms with Gasteiger partial charge in [-0.3, -0.25) is 9.59 Å². The molecule has 5 rings (SSSR count). The van der Waals surface area contributed by atoms with Crippen LogP contribution in [0.3, 0.4) is 0 Å². The standard InChI is InChI=1S/C28H30O16/c1-10(30)40-26-22(37)20(35)17(8-29)43-28(26)44-25-21(36)18-14(32)6-13(41-27-23(38)19(34)15(33)9-39-27)7-16(18)42-24(25)11-2-4-12(31)5-3-11/h2-7,15,17,19-20,22-23,26-29,31-35,37-38H,8-9H2,1H3/t15-,17-,19-,20+,22+,23+,26-,27+,28+/m1/s1. The van der Waals surface area contributed by atoms with Crippen molar-refractivity contribution in [3.63, 3.8) is 0 Å². The van der Waals surface area contributed by atoms with Gasteiger partial charge in [0.15, 0.2) is 11.9 Å². The molecule has 2 aliphatic rings. The monoisotopic (exact) mass is 622 g/mol. The van der Waals surface area contributed by atoms with E-state index in [0.717, 1.165) is 13.0 Å². The average molecular weight is 623 g/mol. The second-order valence-corrected chi connectivity index (χ2v) is 10.2. The van der Waals surface area contributed by atoms with Crippen LogP contribution < -0.4 is 14.9 Å². The van der Waals surface area contributed by atoms with Crippen molar-refractivity contribution >= 4 is 16.9 Å². The van der Waals surface area contributed by atoms with E-state index < -0.39 is 90.2 Å². The van der Waals surface area contributed by atoms with Crippen LogP contribution in [-0.2, 0) is 19.0 Å². The SMILES string of the molecule is CC(=O)O[C@H]1[C@H](Oc2c(-c3ccc(O)cc3)oc3cc(O[C@@H]4OC[C@@H](O)[C@@H](O)[C@@H]4O)cc(O)c3c2=O)O[C@H](CO)[C@H](O)[C@@H]1O. The summed E-state index contributed by atoms with van der Waals surface area (Å²) in [6.45, 7) is -0.108. The predicted molar refractivity (Wildman–Crippen MR) is 144 cm³/mol. The second-order valence-electron chi connectivity index (χ2n) is 10.2. The van der Waals surface area contributed by atoms with Gasteiger partial charge in [0, 0.05) is 24.6 Å². The molecule has 2 fully saturated rings. The number of aromatic hydroxyl groups is 2. The molecule has 44 heavy (non-hydrogen) atoms. The van der Waals surface area contributed by atoms with Gasteiger partial charge in [-0.15, -0.1) is 0 Å². The first-order valence-electron chi connectivity index (χ1n) is 13.3. The number of carbonyl (C=O) groups is 1. The summed E-state index contributed by atoms with van der Waals surface area (Å²) < 4.78 is 33.2. The maximum atomic E-state index is 13.9. The minimum Gasteiger partial charge on any atom is -0.508 e. The zero-order valence-electron chi connectivity index (χ0n) is 22.9. The Kier molecular flexibility index (Phi) is 8.96. The van der Waals surface area contributed by atoms with E-state index in [4.69, 9.17) is 28.1 Å². The maximum Gasteiger partial charge on any atom is 0.303 e. The number of benzene rings is 2. The molecule has 16 nitrogen and oxygen atoms in total. The van der Waals surface area contributed by atoms with E-state index in [1.807, 2.05) is 0 Å². The quantitative estimate of drug-likeness (QED) is 0.139. The number of phenolic OH excluding ortho intramolecular Hbond substituents is 2. The lowest BCUT2D eigenvalue weighted by Crippen LogP contribution is -2.61.